The van der Waals surface area contributed by atoms with Crippen molar-refractivity contribution in [3.05, 3.63) is 83.5 Å². The lowest BCUT2D eigenvalue weighted by atomic mass is 10.0. The average molecular weight is 453 g/mol. The first kappa shape index (κ1) is 23.2. The summed E-state index contributed by atoms with van der Waals surface area (Å²) in [4.78, 5) is 10.7. The molecule has 0 aliphatic heterocycles. The minimum absolute atomic E-state index is 0.0882. The molecule has 0 amide bonds. The van der Waals surface area contributed by atoms with Gasteiger partial charge in [-0.05, 0) is 35.1 Å². The molecule has 0 saturated heterocycles. The van der Waals surface area contributed by atoms with Crippen molar-refractivity contribution in [2.24, 2.45) is 0 Å². The number of hydrogen-bond donors (Lipinski definition) is 3. The van der Waals surface area contributed by atoms with E-state index < -0.39 is 10.0 Å². The summed E-state index contributed by atoms with van der Waals surface area (Å²) in [5.74, 6) is 1.98. The summed E-state index contributed by atoms with van der Waals surface area (Å²) in [5, 5.41) is 15.3. The number of hydrogen-bond acceptors (Lipinski definition) is 6. The number of anilines is 1. The molecule has 0 heterocycles. The highest BCUT2D eigenvalue weighted by Crippen LogP contribution is 2.37. The van der Waals surface area contributed by atoms with Crippen molar-refractivity contribution in [1.29, 1.82) is 0 Å². The molecular weight excluding hydrogens is 428 g/mol. The largest absolute Gasteiger partial charge is 0.451 e. The van der Waals surface area contributed by atoms with E-state index in [1.54, 1.807) is 5.94 Å². The van der Waals surface area contributed by atoms with Gasteiger partial charge >= 0.3 is 0 Å². The van der Waals surface area contributed by atoms with E-state index in [1.165, 1.54) is 6.08 Å². The topological polar surface area (TPSA) is 105 Å². The predicted octanol–water partition coefficient (Wildman–Crippen LogP) is 3.10. The maximum absolute atomic E-state index is 12.3. The molecule has 3 aromatic carbocycles. The van der Waals surface area contributed by atoms with Gasteiger partial charge in [-0.3, -0.25) is 0 Å². The standard InChI is InChI=1S/C24H24N2O5S/c27-14-13-25-23-22-9-5-4-8-20(22)18-21(24(23)31-16-15-28)10-12-26-32(29,30)17-11-19-6-2-1-3-7-19/h1-9,11,16-18,25-27H,10,12-14H2. The molecule has 8 heteroatoms. The summed E-state index contributed by atoms with van der Waals surface area (Å²) >= 11 is 0. The number of aliphatic hydroxyl groups is 1. The number of aliphatic hydroxyl groups excluding tert-OH is 1. The monoisotopic (exact) mass is 452 g/mol. The van der Waals surface area contributed by atoms with Crippen LogP contribution >= 0.6 is 0 Å². The Bertz CT molecular complexity index is 1230. The minimum Gasteiger partial charge on any atom is -0.451 e. The van der Waals surface area contributed by atoms with Gasteiger partial charge in [0.25, 0.3) is 0 Å². The van der Waals surface area contributed by atoms with Crippen LogP contribution in [-0.4, -0.2) is 39.2 Å². The van der Waals surface area contributed by atoms with Crippen LogP contribution in [0.1, 0.15) is 11.1 Å². The lowest BCUT2D eigenvalue weighted by Gasteiger charge is -2.17. The van der Waals surface area contributed by atoms with Crippen molar-refractivity contribution in [1.82, 2.24) is 4.72 Å². The van der Waals surface area contributed by atoms with Crippen molar-refractivity contribution in [3.63, 3.8) is 0 Å². The van der Waals surface area contributed by atoms with Crippen LogP contribution in [0.4, 0.5) is 5.69 Å². The molecule has 0 saturated carbocycles. The predicted molar refractivity (Wildman–Crippen MR) is 127 cm³/mol. The summed E-state index contributed by atoms with van der Waals surface area (Å²) in [6.45, 7) is 0.320. The van der Waals surface area contributed by atoms with E-state index in [-0.39, 0.29) is 19.7 Å². The van der Waals surface area contributed by atoms with Gasteiger partial charge in [0, 0.05) is 23.9 Å². The molecule has 166 valence electrons. The zero-order chi connectivity index (χ0) is 22.8. The van der Waals surface area contributed by atoms with Crippen molar-refractivity contribution < 1.29 is 23.1 Å². The molecule has 0 radical (unpaired) electrons. The van der Waals surface area contributed by atoms with Crippen LogP contribution in [0.2, 0.25) is 0 Å². The highest BCUT2D eigenvalue weighted by atomic mass is 32.2. The lowest BCUT2D eigenvalue weighted by molar-refractivity contribution is 0.311. The highest BCUT2D eigenvalue weighted by Gasteiger charge is 2.15. The average Bonchev–Trinajstić information content (AvgIpc) is 2.81. The van der Waals surface area contributed by atoms with E-state index in [0.717, 1.165) is 28.0 Å². The van der Waals surface area contributed by atoms with Crippen LogP contribution in [0.25, 0.3) is 16.8 Å². The third-order valence-corrected chi connectivity index (χ3v) is 5.75. The summed E-state index contributed by atoms with van der Waals surface area (Å²) in [6.07, 6.45) is 2.75. The van der Waals surface area contributed by atoms with Gasteiger partial charge in [-0.25, -0.2) is 17.9 Å². The van der Waals surface area contributed by atoms with E-state index in [4.69, 9.17) is 4.74 Å². The van der Waals surface area contributed by atoms with Crippen LogP contribution in [0, 0.1) is 0 Å². The van der Waals surface area contributed by atoms with Gasteiger partial charge < -0.3 is 15.2 Å². The molecule has 32 heavy (non-hydrogen) atoms. The fraction of sp³-hybridized carbons (Fsp3) is 0.167. The molecule has 0 bridgehead atoms. The van der Waals surface area contributed by atoms with E-state index in [9.17, 15) is 18.3 Å². The molecule has 7 nitrogen and oxygen atoms in total. The lowest BCUT2D eigenvalue weighted by Crippen LogP contribution is -2.24. The molecule has 0 atom stereocenters. The molecule has 0 spiro atoms. The second kappa shape index (κ2) is 11.3. The summed E-state index contributed by atoms with van der Waals surface area (Å²) < 4.78 is 32.8. The van der Waals surface area contributed by atoms with Crippen molar-refractivity contribution in [3.8, 4) is 5.75 Å². The van der Waals surface area contributed by atoms with E-state index in [2.05, 4.69) is 10.0 Å². The van der Waals surface area contributed by atoms with Gasteiger partial charge in [-0.1, -0.05) is 54.6 Å². The third-order valence-electron chi connectivity index (χ3n) is 4.65. The molecule has 3 rings (SSSR count). The van der Waals surface area contributed by atoms with E-state index >= 15 is 0 Å². The first-order valence-electron chi connectivity index (χ1n) is 10.0. The third kappa shape index (κ3) is 6.29. The maximum atomic E-state index is 12.3. The number of nitrogens with one attached hydrogen (secondary N) is 2. The molecule has 0 aliphatic rings. The van der Waals surface area contributed by atoms with Crippen molar-refractivity contribution in [2.45, 2.75) is 6.42 Å². The molecule has 3 N–H and O–H groups in total. The molecule has 0 unspecified atom stereocenters. The molecule has 3 aromatic rings. The van der Waals surface area contributed by atoms with Gasteiger partial charge in [0.05, 0.1) is 12.3 Å². The second-order valence-electron chi connectivity index (χ2n) is 6.87. The van der Waals surface area contributed by atoms with Crippen molar-refractivity contribution >= 4 is 38.5 Å². The quantitative estimate of drug-likeness (QED) is 0.305. The first-order valence-corrected chi connectivity index (χ1v) is 11.6. The van der Waals surface area contributed by atoms with Gasteiger partial charge in [0.1, 0.15) is 0 Å². The Labute approximate surface area is 187 Å². The van der Waals surface area contributed by atoms with E-state index in [1.807, 2.05) is 60.7 Å². The number of rotatable bonds is 11. The Kier molecular flexibility index (Phi) is 8.19. The maximum Gasteiger partial charge on any atom is 0.233 e. The van der Waals surface area contributed by atoms with E-state index in [0.29, 0.717) is 23.4 Å². The number of ether oxygens (including phenoxy) is 1. The molecule has 0 aliphatic carbocycles. The smallest absolute Gasteiger partial charge is 0.233 e. The van der Waals surface area contributed by atoms with Gasteiger partial charge in [-0.2, -0.15) is 0 Å². The summed E-state index contributed by atoms with van der Waals surface area (Å²) in [7, 11) is -3.64. The van der Waals surface area contributed by atoms with Crippen LogP contribution in [0.5, 0.6) is 5.75 Å². The number of sulfonamides is 1. The minimum atomic E-state index is -3.64. The van der Waals surface area contributed by atoms with Crippen LogP contribution in [0.3, 0.4) is 0 Å². The number of carbonyl (C=O) groups excluding carboxylic acids is 1. The van der Waals surface area contributed by atoms with Crippen LogP contribution in [0.15, 0.2) is 72.3 Å². The fourth-order valence-electron chi connectivity index (χ4n) is 3.25. The zero-order valence-corrected chi connectivity index (χ0v) is 18.1. The Morgan fingerprint density at radius 2 is 1.78 bits per heavy atom. The van der Waals surface area contributed by atoms with Crippen LogP contribution in [-0.2, 0) is 21.2 Å². The zero-order valence-electron chi connectivity index (χ0n) is 17.3. The SMILES string of the molecule is O=C=COc1c(CCNS(=O)(=O)C=Cc2ccccc2)cc2ccccc2c1NCCO. The number of benzene rings is 3. The van der Waals surface area contributed by atoms with Gasteiger partial charge in [-0.15, -0.1) is 0 Å². The Morgan fingerprint density at radius 1 is 1.03 bits per heavy atom. The number of fused-ring (bicyclic) bond motifs is 1. The summed E-state index contributed by atoms with van der Waals surface area (Å²) in [6, 6.07) is 18.6. The Hall–Kier alpha value is -3.42. The summed E-state index contributed by atoms with van der Waals surface area (Å²) in [5.41, 5.74) is 2.10. The van der Waals surface area contributed by atoms with Crippen molar-refractivity contribution in [2.75, 3.05) is 25.0 Å². The Morgan fingerprint density at radius 3 is 2.53 bits per heavy atom. The molecular formula is C24H24N2O5S. The van der Waals surface area contributed by atoms with Gasteiger partial charge in [0.2, 0.25) is 10.0 Å². The normalized spacial score (nSPS) is 11.4. The van der Waals surface area contributed by atoms with Gasteiger partial charge in [0.15, 0.2) is 18.0 Å². The highest BCUT2D eigenvalue weighted by molar-refractivity contribution is 7.92. The molecule has 0 fully saturated rings. The molecule has 0 aromatic heterocycles. The second-order valence-corrected chi connectivity index (χ2v) is 8.52. The Balaban J connectivity index is 1.84. The van der Waals surface area contributed by atoms with Crippen LogP contribution < -0.4 is 14.8 Å². The fourth-order valence-corrected chi connectivity index (χ4v) is 4.07. The first-order chi connectivity index (χ1) is 15.5.